The van der Waals surface area contributed by atoms with Crippen LogP contribution in [0.5, 0.6) is 0 Å². The largest absolute Gasteiger partial charge is 0.366 e. The molecule has 0 fully saturated rings. The zero-order chi connectivity index (χ0) is 19.8. The summed E-state index contributed by atoms with van der Waals surface area (Å²) in [4.78, 5) is 19.8. The number of anilines is 1. The van der Waals surface area contributed by atoms with E-state index in [0.717, 1.165) is 28.2 Å². The van der Waals surface area contributed by atoms with Gasteiger partial charge in [0.1, 0.15) is 17.2 Å². The van der Waals surface area contributed by atoms with Crippen LogP contribution in [0.3, 0.4) is 0 Å². The van der Waals surface area contributed by atoms with Gasteiger partial charge in [-0.3, -0.25) is 9.89 Å². The number of nitrogens with zero attached hydrogens (tertiary/aromatic N) is 2. The van der Waals surface area contributed by atoms with Crippen molar-refractivity contribution in [1.82, 2.24) is 20.5 Å². The van der Waals surface area contributed by atoms with Crippen LogP contribution in [0.15, 0.2) is 65.8 Å². The number of H-pyrrole nitrogens is 2. The van der Waals surface area contributed by atoms with Gasteiger partial charge in [-0.2, -0.15) is 5.10 Å². The maximum absolute atomic E-state index is 11.7. The Labute approximate surface area is 166 Å². The fraction of sp³-hybridized carbons (Fsp3) is 0.0952. The van der Waals surface area contributed by atoms with Gasteiger partial charge in [-0.05, 0) is 17.7 Å². The van der Waals surface area contributed by atoms with Gasteiger partial charge in [0, 0.05) is 18.1 Å². The minimum absolute atomic E-state index is 0.408. The van der Waals surface area contributed by atoms with Crippen molar-refractivity contribution in [3.05, 3.63) is 83.3 Å². The van der Waals surface area contributed by atoms with E-state index < -0.39 is 12.1 Å². The lowest BCUT2D eigenvalue weighted by atomic mass is 10.1. The van der Waals surface area contributed by atoms with Crippen LogP contribution < -0.4 is 16.4 Å². The summed E-state index contributed by atoms with van der Waals surface area (Å²) in [6.45, 7) is 0.651. The number of amides is 1. The molecule has 2 aromatic carbocycles. The third-order valence-electron chi connectivity index (χ3n) is 4.99. The SMILES string of the molecule is NC(=O)c1cccc2c(C3N=C(NCc4ccccc4)c4[nH]ccc4N3)n[nH]c12. The molecule has 2 aromatic heterocycles. The lowest BCUT2D eigenvalue weighted by molar-refractivity contribution is 0.100. The highest BCUT2D eigenvalue weighted by atomic mass is 16.1. The predicted molar refractivity (Wildman–Crippen MR) is 112 cm³/mol. The first-order valence-electron chi connectivity index (χ1n) is 9.27. The second-order valence-corrected chi connectivity index (χ2v) is 6.83. The Kier molecular flexibility index (Phi) is 4.02. The highest BCUT2D eigenvalue weighted by molar-refractivity contribution is 6.06. The van der Waals surface area contributed by atoms with Crippen LogP contribution in [0.2, 0.25) is 0 Å². The molecule has 5 rings (SSSR count). The molecule has 1 aliphatic rings. The molecule has 8 heteroatoms. The summed E-state index contributed by atoms with van der Waals surface area (Å²) in [7, 11) is 0. The fourth-order valence-corrected chi connectivity index (χ4v) is 3.58. The Hall–Kier alpha value is -4.07. The lowest BCUT2D eigenvalue weighted by Crippen LogP contribution is -2.30. The minimum Gasteiger partial charge on any atom is -0.366 e. The topological polar surface area (TPSA) is 124 Å². The highest BCUT2D eigenvalue weighted by Gasteiger charge is 2.26. The van der Waals surface area contributed by atoms with Crippen LogP contribution in [-0.2, 0) is 6.54 Å². The van der Waals surface area contributed by atoms with Gasteiger partial charge >= 0.3 is 0 Å². The molecule has 144 valence electrons. The summed E-state index contributed by atoms with van der Waals surface area (Å²) >= 11 is 0. The number of primary amides is 1. The molecule has 1 amide bonds. The summed E-state index contributed by atoms with van der Waals surface area (Å²) in [5, 5.41) is 15.0. The van der Waals surface area contributed by atoms with Crippen LogP contribution in [-0.4, -0.2) is 26.9 Å². The predicted octanol–water partition coefficient (Wildman–Crippen LogP) is 2.65. The molecule has 0 saturated carbocycles. The molecule has 1 aliphatic heterocycles. The van der Waals surface area contributed by atoms with Crippen LogP contribution in [0.1, 0.15) is 33.5 Å². The maximum atomic E-state index is 11.7. The van der Waals surface area contributed by atoms with Crippen molar-refractivity contribution in [3.63, 3.8) is 0 Å². The van der Waals surface area contributed by atoms with Gasteiger partial charge < -0.3 is 21.4 Å². The Balaban J connectivity index is 1.51. The molecule has 29 heavy (non-hydrogen) atoms. The number of para-hydroxylation sites is 1. The number of aliphatic imine (C=N–C) groups is 1. The first kappa shape index (κ1) is 17.1. The number of benzene rings is 2. The standard InChI is InChI=1S/C21H19N7O/c22-19(29)14-8-4-7-13-16(14)27-28-17(13)21-25-15-9-10-23-18(15)20(26-21)24-11-12-5-2-1-3-6-12/h1-10,21,23,25H,11H2,(H2,22,29)(H,24,26)(H,27,28). The molecular weight excluding hydrogens is 366 g/mol. The first-order chi connectivity index (χ1) is 14.2. The number of hydrogen-bond donors (Lipinski definition) is 5. The van der Waals surface area contributed by atoms with Crippen LogP contribution in [0.25, 0.3) is 10.9 Å². The normalized spacial score (nSPS) is 15.4. The number of carbonyl (C=O) groups is 1. The number of nitrogens with one attached hydrogen (secondary N) is 4. The third-order valence-corrected chi connectivity index (χ3v) is 4.99. The van der Waals surface area contributed by atoms with E-state index in [0.29, 0.717) is 23.3 Å². The number of hydrogen-bond acceptors (Lipinski definition) is 5. The fourth-order valence-electron chi connectivity index (χ4n) is 3.58. The average Bonchev–Trinajstić information content (AvgIpc) is 3.39. The van der Waals surface area contributed by atoms with Crippen molar-refractivity contribution < 1.29 is 4.79 Å². The third kappa shape index (κ3) is 3.00. The summed E-state index contributed by atoms with van der Waals surface area (Å²) < 4.78 is 0. The van der Waals surface area contributed by atoms with E-state index in [9.17, 15) is 4.79 Å². The van der Waals surface area contributed by atoms with Gasteiger partial charge in [-0.25, -0.2) is 4.99 Å². The second-order valence-electron chi connectivity index (χ2n) is 6.83. The molecule has 0 radical (unpaired) electrons. The molecule has 6 N–H and O–H groups in total. The summed E-state index contributed by atoms with van der Waals surface area (Å²) in [5.41, 5.74) is 10.2. The number of amidine groups is 1. The Bertz CT molecular complexity index is 1220. The second kappa shape index (κ2) is 6.83. The van der Waals surface area contributed by atoms with Gasteiger partial charge in [0.25, 0.3) is 5.91 Å². The van der Waals surface area contributed by atoms with Crippen molar-refractivity contribution in [2.45, 2.75) is 12.7 Å². The van der Waals surface area contributed by atoms with Crippen molar-refractivity contribution in [2.24, 2.45) is 10.7 Å². The van der Waals surface area contributed by atoms with Gasteiger partial charge in [0.15, 0.2) is 6.17 Å². The summed E-state index contributed by atoms with van der Waals surface area (Å²) in [6, 6.07) is 17.5. The van der Waals surface area contributed by atoms with Gasteiger partial charge in [-0.15, -0.1) is 0 Å². The average molecular weight is 385 g/mol. The number of rotatable bonds is 4. The van der Waals surface area contributed by atoms with E-state index in [-0.39, 0.29) is 0 Å². The van der Waals surface area contributed by atoms with Gasteiger partial charge in [0.05, 0.1) is 16.8 Å². The summed E-state index contributed by atoms with van der Waals surface area (Å²) in [5.74, 6) is 0.254. The van der Waals surface area contributed by atoms with E-state index in [4.69, 9.17) is 10.7 Å². The van der Waals surface area contributed by atoms with Crippen LogP contribution in [0, 0.1) is 0 Å². The molecule has 0 bridgehead atoms. The molecule has 8 nitrogen and oxygen atoms in total. The number of carbonyl (C=O) groups excluding carboxylic acids is 1. The Morgan fingerprint density at radius 3 is 2.79 bits per heavy atom. The number of fused-ring (bicyclic) bond motifs is 2. The van der Waals surface area contributed by atoms with Gasteiger partial charge in [-0.1, -0.05) is 42.5 Å². The highest BCUT2D eigenvalue weighted by Crippen LogP contribution is 2.32. The molecule has 4 aromatic rings. The zero-order valence-electron chi connectivity index (χ0n) is 15.4. The number of nitrogens with two attached hydrogens (primary N) is 1. The molecule has 1 atom stereocenters. The van der Waals surface area contributed by atoms with Crippen LogP contribution in [0.4, 0.5) is 5.69 Å². The molecule has 0 aliphatic carbocycles. The van der Waals surface area contributed by atoms with Crippen molar-refractivity contribution in [1.29, 1.82) is 0 Å². The Morgan fingerprint density at radius 2 is 1.97 bits per heavy atom. The summed E-state index contributed by atoms with van der Waals surface area (Å²) in [6.07, 6.45) is 1.46. The zero-order valence-corrected chi connectivity index (χ0v) is 15.4. The smallest absolute Gasteiger partial charge is 0.250 e. The van der Waals surface area contributed by atoms with E-state index in [1.807, 2.05) is 36.5 Å². The lowest BCUT2D eigenvalue weighted by Gasteiger charge is -2.23. The molecule has 0 saturated heterocycles. The van der Waals surface area contributed by atoms with E-state index in [1.165, 1.54) is 0 Å². The molecule has 3 heterocycles. The Morgan fingerprint density at radius 1 is 1.10 bits per heavy atom. The first-order valence-corrected chi connectivity index (χ1v) is 9.27. The van der Waals surface area contributed by atoms with E-state index in [2.05, 4.69) is 37.9 Å². The molecule has 0 spiro atoms. The van der Waals surface area contributed by atoms with Crippen molar-refractivity contribution in [3.8, 4) is 0 Å². The monoisotopic (exact) mass is 385 g/mol. The van der Waals surface area contributed by atoms with Crippen molar-refractivity contribution >= 4 is 28.3 Å². The van der Waals surface area contributed by atoms with Gasteiger partial charge in [0.2, 0.25) is 0 Å². The maximum Gasteiger partial charge on any atom is 0.250 e. The molecular formula is C21H19N7O. The minimum atomic E-state index is -0.496. The number of aromatic amines is 2. The van der Waals surface area contributed by atoms with Crippen LogP contribution >= 0.6 is 0 Å². The van der Waals surface area contributed by atoms with E-state index in [1.54, 1.807) is 12.1 Å². The quantitative estimate of drug-likeness (QED) is 0.370. The number of aromatic nitrogens is 3. The van der Waals surface area contributed by atoms with E-state index >= 15 is 0 Å². The van der Waals surface area contributed by atoms with Crippen molar-refractivity contribution in [2.75, 3.05) is 5.32 Å². The molecule has 1 unspecified atom stereocenters.